The lowest BCUT2D eigenvalue weighted by Crippen LogP contribution is -2.28. The average Bonchev–Trinajstić information content (AvgIpc) is 2.95. The Labute approximate surface area is 122 Å². The highest BCUT2D eigenvalue weighted by atomic mass is 32.2. The quantitative estimate of drug-likeness (QED) is 0.598. The lowest BCUT2D eigenvalue weighted by molar-refractivity contribution is -0.118. The van der Waals surface area contributed by atoms with Crippen molar-refractivity contribution >= 4 is 17.7 Å². The maximum atomic E-state index is 11.6. The molecule has 7 nitrogen and oxygen atoms in total. The van der Waals surface area contributed by atoms with Gasteiger partial charge in [0.05, 0.1) is 18.4 Å². The SMILES string of the molecule is COCCNC(=O)CSc1nnnn1C1CCCCC1. The van der Waals surface area contributed by atoms with Crippen LogP contribution < -0.4 is 5.32 Å². The summed E-state index contributed by atoms with van der Waals surface area (Å²) in [6.45, 7) is 1.06. The number of nitrogens with one attached hydrogen (secondary N) is 1. The zero-order valence-corrected chi connectivity index (χ0v) is 12.6. The Kier molecular flexibility index (Phi) is 6.25. The van der Waals surface area contributed by atoms with Gasteiger partial charge in [0.2, 0.25) is 11.1 Å². The molecule has 0 aromatic carbocycles. The number of hydrogen-bond acceptors (Lipinski definition) is 6. The number of amides is 1. The van der Waals surface area contributed by atoms with E-state index >= 15 is 0 Å². The van der Waals surface area contributed by atoms with Gasteiger partial charge in [-0.15, -0.1) is 5.10 Å². The Bertz CT molecular complexity index is 420. The van der Waals surface area contributed by atoms with E-state index in [1.54, 1.807) is 7.11 Å². The summed E-state index contributed by atoms with van der Waals surface area (Å²) in [5.74, 6) is 0.307. The largest absolute Gasteiger partial charge is 0.383 e. The van der Waals surface area contributed by atoms with Crippen LogP contribution in [0.25, 0.3) is 0 Å². The van der Waals surface area contributed by atoms with Crippen LogP contribution in [-0.4, -0.2) is 52.1 Å². The van der Waals surface area contributed by atoms with Gasteiger partial charge in [0.25, 0.3) is 0 Å². The van der Waals surface area contributed by atoms with Gasteiger partial charge >= 0.3 is 0 Å². The molecule has 0 aliphatic heterocycles. The van der Waals surface area contributed by atoms with Gasteiger partial charge in [-0.2, -0.15) is 0 Å². The molecule has 1 heterocycles. The molecular formula is C12H21N5O2S. The van der Waals surface area contributed by atoms with Crippen molar-refractivity contribution in [1.29, 1.82) is 0 Å². The highest BCUT2D eigenvalue weighted by Gasteiger charge is 2.20. The fraction of sp³-hybridized carbons (Fsp3) is 0.833. The summed E-state index contributed by atoms with van der Waals surface area (Å²) in [5, 5.41) is 15.4. The molecule has 1 aromatic rings. The first-order chi connectivity index (χ1) is 9.81. The molecule has 0 spiro atoms. The standard InChI is InChI=1S/C12H21N5O2S/c1-19-8-7-13-11(18)9-20-12-14-15-16-17(12)10-5-3-2-4-6-10/h10H,2-9H2,1H3,(H,13,18). The van der Waals surface area contributed by atoms with E-state index in [2.05, 4.69) is 20.8 Å². The van der Waals surface area contributed by atoms with Crippen LogP contribution in [0.15, 0.2) is 5.16 Å². The smallest absolute Gasteiger partial charge is 0.230 e. The fourth-order valence-corrected chi connectivity index (χ4v) is 3.08. The molecule has 0 unspecified atom stereocenters. The summed E-state index contributed by atoms with van der Waals surface area (Å²) >= 11 is 1.39. The second kappa shape index (κ2) is 8.21. The number of methoxy groups -OCH3 is 1. The number of thioether (sulfide) groups is 1. The number of hydrogen-bond donors (Lipinski definition) is 1. The summed E-state index contributed by atoms with van der Waals surface area (Å²) in [6, 6.07) is 0.387. The van der Waals surface area contributed by atoms with Gasteiger partial charge in [-0.05, 0) is 23.3 Å². The van der Waals surface area contributed by atoms with Gasteiger partial charge in [-0.1, -0.05) is 31.0 Å². The number of aromatic nitrogens is 4. The number of ether oxygens (including phenoxy) is 1. The predicted molar refractivity (Wildman–Crippen MR) is 75.5 cm³/mol. The number of carbonyl (C=O) groups excluding carboxylic acids is 1. The van der Waals surface area contributed by atoms with Crippen LogP contribution in [0, 0.1) is 0 Å². The Balaban J connectivity index is 1.81. The third-order valence-corrected chi connectivity index (χ3v) is 4.28. The summed E-state index contributed by atoms with van der Waals surface area (Å²) in [4.78, 5) is 11.6. The molecule has 0 atom stereocenters. The van der Waals surface area contributed by atoms with E-state index in [0.717, 1.165) is 18.0 Å². The van der Waals surface area contributed by atoms with Crippen LogP contribution in [-0.2, 0) is 9.53 Å². The van der Waals surface area contributed by atoms with E-state index in [4.69, 9.17) is 4.74 Å². The van der Waals surface area contributed by atoms with Gasteiger partial charge in [0.1, 0.15) is 0 Å². The molecule has 0 bridgehead atoms. The maximum absolute atomic E-state index is 11.6. The van der Waals surface area contributed by atoms with Crippen molar-refractivity contribution in [3.8, 4) is 0 Å². The highest BCUT2D eigenvalue weighted by Crippen LogP contribution is 2.29. The summed E-state index contributed by atoms with van der Waals surface area (Å²) in [7, 11) is 1.61. The maximum Gasteiger partial charge on any atom is 0.230 e. The minimum Gasteiger partial charge on any atom is -0.383 e. The van der Waals surface area contributed by atoms with Crippen molar-refractivity contribution in [1.82, 2.24) is 25.5 Å². The Hall–Kier alpha value is -1.15. The molecule has 20 heavy (non-hydrogen) atoms. The molecule has 1 N–H and O–H groups in total. The first kappa shape index (κ1) is 15.2. The number of tetrazole rings is 1. The normalized spacial score (nSPS) is 16.2. The zero-order valence-electron chi connectivity index (χ0n) is 11.7. The molecule has 112 valence electrons. The first-order valence-corrected chi connectivity index (χ1v) is 7.96. The molecule has 2 rings (SSSR count). The molecule has 1 aromatic heterocycles. The van der Waals surface area contributed by atoms with E-state index in [1.807, 2.05) is 4.68 Å². The Morgan fingerprint density at radius 3 is 3.00 bits per heavy atom. The lowest BCUT2D eigenvalue weighted by Gasteiger charge is -2.21. The fourth-order valence-electron chi connectivity index (χ4n) is 2.31. The van der Waals surface area contributed by atoms with Crippen LogP contribution in [0.1, 0.15) is 38.1 Å². The molecule has 1 aliphatic carbocycles. The molecule has 1 aliphatic rings. The first-order valence-electron chi connectivity index (χ1n) is 6.97. The van der Waals surface area contributed by atoms with Crippen LogP contribution in [0.2, 0.25) is 0 Å². The van der Waals surface area contributed by atoms with Crippen molar-refractivity contribution in [2.24, 2.45) is 0 Å². The highest BCUT2D eigenvalue weighted by molar-refractivity contribution is 7.99. The molecular weight excluding hydrogens is 278 g/mol. The predicted octanol–water partition coefficient (Wildman–Crippen LogP) is 1.03. The van der Waals surface area contributed by atoms with E-state index in [9.17, 15) is 4.79 Å². The van der Waals surface area contributed by atoms with Crippen molar-refractivity contribution in [3.05, 3.63) is 0 Å². The third-order valence-electron chi connectivity index (χ3n) is 3.34. The Morgan fingerprint density at radius 2 is 2.25 bits per heavy atom. The molecule has 8 heteroatoms. The van der Waals surface area contributed by atoms with Crippen molar-refractivity contribution in [3.63, 3.8) is 0 Å². The Morgan fingerprint density at radius 1 is 1.45 bits per heavy atom. The number of nitrogens with zero attached hydrogens (tertiary/aromatic N) is 4. The van der Waals surface area contributed by atoms with Crippen LogP contribution in [0.3, 0.4) is 0 Å². The van der Waals surface area contributed by atoms with E-state index in [0.29, 0.717) is 24.9 Å². The van der Waals surface area contributed by atoms with Crippen LogP contribution >= 0.6 is 11.8 Å². The second-order valence-corrected chi connectivity index (χ2v) is 5.77. The molecule has 0 saturated heterocycles. The second-order valence-electron chi connectivity index (χ2n) is 4.83. The monoisotopic (exact) mass is 299 g/mol. The van der Waals surface area contributed by atoms with Crippen molar-refractivity contribution in [2.45, 2.75) is 43.3 Å². The van der Waals surface area contributed by atoms with Crippen molar-refractivity contribution < 1.29 is 9.53 Å². The molecule has 1 saturated carbocycles. The molecule has 1 fully saturated rings. The summed E-state index contributed by atoms with van der Waals surface area (Å²) in [6.07, 6.45) is 6.00. The molecule has 0 radical (unpaired) electrons. The number of rotatable bonds is 7. The van der Waals surface area contributed by atoms with E-state index in [1.165, 1.54) is 31.0 Å². The summed E-state index contributed by atoms with van der Waals surface area (Å²) < 4.78 is 6.76. The topological polar surface area (TPSA) is 81.9 Å². The van der Waals surface area contributed by atoms with Gasteiger partial charge in [-0.25, -0.2) is 4.68 Å². The van der Waals surface area contributed by atoms with Gasteiger partial charge < -0.3 is 10.1 Å². The molecule has 1 amide bonds. The minimum atomic E-state index is -0.0229. The minimum absolute atomic E-state index is 0.0229. The number of carbonyl (C=O) groups is 1. The third kappa shape index (κ3) is 4.45. The van der Waals surface area contributed by atoms with Gasteiger partial charge in [0, 0.05) is 13.7 Å². The van der Waals surface area contributed by atoms with E-state index in [-0.39, 0.29) is 5.91 Å². The van der Waals surface area contributed by atoms with Crippen LogP contribution in [0.4, 0.5) is 0 Å². The average molecular weight is 299 g/mol. The van der Waals surface area contributed by atoms with Crippen LogP contribution in [0.5, 0.6) is 0 Å². The lowest BCUT2D eigenvalue weighted by atomic mass is 9.96. The van der Waals surface area contributed by atoms with E-state index < -0.39 is 0 Å². The van der Waals surface area contributed by atoms with Gasteiger partial charge in [-0.3, -0.25) is 4.79 Å². The summed E-state index contributed by atoms with van der Waals surface area (Å²) in [5.41, 5.74) is 0. The van der Waals surface area contributed by atoms with Gasteiger partial charge in [0.15, 0.2) is 0 Å². The zero-order chi connectivity index (χ0) is 14.2. The van der Waals surface area contributed by atoms with Crippen molar-refractivity contribution in [2.75, 3.05) is 26.0 Å².